The summed E-state index contributed by atoms with van der Waals surface area (Å²) in [5, 5.41) is 9.17. The molecule has 2 unspecified atom stereocenters. The topological polar surface area (TPSA) is 93.1 Å². The monoisotopic (exact) mass is 383 g/mol. The van der Waals surface area contributed by atoms with E-state index in [1.807, 2.05) is 30.3 Å². The molecule has 1 saturated heterocycles. The number of carboxylic acid groups (broad SMARTS) is 1. The Hall–Kier alpha value is -3.19. The Morgan fingerprint density at radius 2 is 1.96 bits per heavy atom. The number of amides is 1. The van der Waals surface area contributed by atoms with Crippen LogP contribution in [0.25, 0.3) is 0 Å². The molecule has 1 amide bonds. The summed E-state index contributed by atoms with van der Waals surface area (Å²) in [6, 6.07) is 15.9. The standard InChI is InChI=1S/C21H21NO6/c1-14(20(24)25)18-19(23)22(10-11-27-18)17-9-5-8-16(12-17)21(26)28-13-15-6-3-2-4-7-15/h2-9,12,14,18H,10-11,13H2,1H3,(H,24,25). The van der Waals surface area contributed by atoms with Crippen molar-refractivity contribution in [3.05, 3.63) is 65.7 Å². The summed E-state index contributed by atoms with van der Waals surface area (Å²) in [5.41, 5.74) is 1.70. The second kappa shape index (κ2) is 8.67. The molecule has 7 nitrogen and oxygen atoms in total. The SMILES string of the molecule is CC(C(=O)O)C1OCCN(c2cccc(C(=O)OCc3ccccc3)c2)C1=O. The summed E-state index contributed by atoms with van der Waals surface area (Å²) in [6.45, 7) is 2.09. The summed E-state index contributed by atoms with van der Waals surface area (Å²) in [5.74, 6) is -2.99. The molecule has 1 aliphatic heterocycles. The molecular weight excluding hydrogens is 362 g/mol. The highest BCUT2D eigenvalue weighted by molar-refractivity contribution is 6.00. The minimum atomic E-state index is -1.10. The highest BCUT2D eigenvalue weighted by atomic mass is 16.5. The van der Waals surface area contributed by atoms with Gasteiger partial charge in [-0.1, -0.05) is 36.4 Å². The third-order valence-electron chi connectivity index (χ3n) is 4.57. The molecule has 0 saturated carbocycles. The smallest absolute Gasteiger partial charge is 0.338 e. The van der Waals surface area contributed by atoms with Gasteiger partial charge in [-0.15, -0.1) is 0 Å². The van der Waals surface area contributed by atoms with Gasteiger partial charge in [-0.25, -0.2) is 4.79 Å². The fraction of sp³-hybridized carbons (Fsp3) is 0.286. The van der Waals surface area contributed by atoms with Crippen LogP contribution in [-0.4, -0.2) is 42.2 Å². The van der Waals surface area contributed by atoms with Crippen molar-refractivity contribution in [2.45, 2.75) is 19.6 Å². The van der Waals surface area contributed by atoms with Gasteiger partial charge in [-0.05, 0) is 30.7 Å². The number of aliphatic carboxylic acids is 1. The van der Waals surface area contributed by atoms with Gasteiger partial charge in [0.1, 0.15) is 12.7 Å². The van der Waals surface area contributed by atoms with E-state index in [1.54, 1.807) is 24.3 Å². The maximum atomic E-state index is 12.7. The zero-order valence-corrected chi connectivity index (χ0v) is 15.4. The molecule has 1 aliphatic rings. The molecule has 2 aromatic rings. The van der Waals surface area contributed by atoms with Crippen molar-refractivity contribution in [1.29, 1.82) is 0 Å². The molecule has 0 radical (unpaired) electrons. The zero-order valence-electron chi connectivity index (χ0n) is 15.4. The molecule has 0 bridgehead atoms. The first-order valence-corrected chi connectivity index (χ1v) is 8.94. The van der Waals surface area contributed by atoms with E-state index in [0.717, 1.165) is 5.56 Å². The predicted molar refractivity (Wildman–Crippen MR) is 101 cm³/mol. The zero-order chi connectivity index (χ0) is 20.1. The molecule has 7 heteroatoms. The van der Waals surface area contributed by atoms with Crippen molar-refractivity contribution < 1.29 is 29.0 Å². The molecule has 0 aliphatic carbocycles. The van der Waals surface area contributed by atoms with Gasteiger partial charge >= 0.3 is 11.9 Å². The van der Waals surface area contributed by atoms with Crippen molar-refractivity contribution in [3.63, 3.8) is 0 Å². The molecule has 3 rings (SSSR count). The molecule has 1 N–H and O–H groups in total. The first kappa shape index (κ1) is 19.6. The largest absolute Gasteiger partial charge is 0.481 e. The normalized spacial score (nSPS) is 17.8. The van der Waals surface area contributed by atoms with Gasteiger partial charge in [-0.3, -0.25) is 9.59 Å². The number of hydrogen-bond donors (Lipinski definition) is 1. The number of nitrogens with zero attached hydrogens (tertiary/aromatic N) is 1. The van der Waals surface area contributed by atoms with Crippen LogP contribution >= 0.6 is 0 Å². The molecule has 1 heterocycles. The van der Waals surface area contributed by atoms with Gasteiger partial charge in [0, 0.05) is 12.2 Å². The Balaban J connectivity index is 1.72. The molecule has 146 valence electrons. The Labute approximate surface area is 162 Å². The minimum Gasteiger partial charge on any atom is -0.481 e. The van der Waals surface area contributed by atoms with Gasteiger partial charge in [0.25, 0.3) is 5.91 Å². The maximum absolute atomic E-state index is 12.7. The number of ether oxygens (including phenoxy) is 2. The second-order valence-electron chi connectivity index (χ2n) is 6.52. The van der Waals surface area contributed by atoms with Crippen molar-refractivity contribution in [1.82, 2.24) is 0 Å². The predicted octanol–water partition coefficient (Wildman–Crippen LogP) is 2.50. The van der Waals surface area contributed by atoms with Gasteiger partial charge < -0.3 is 19.5 Å². The summed E-state index contributed by atoms with van der Waals surface area (Å²) >= 11 is 0. The van der Waals surface area contributed by atoms with Gasteiger partial charge in [0.05, 0.1) is 18.1 Å². The fourth-order valence-electron chi connectivity index (χ4n) is 2.96. The van der Waals surface area contributed by atoms with Gasteiger partial charge in [-0.2, -0.15) is 0 Å². The van der Waals surface area contributed by atoms with E-state index in [4.69, 9.17) is 14.6 Å². The number of morpholine rings is 1. The lowest BCUT2D eigenvalue weighted by Gasteiger charge is -2.34. The average Bonchev–Trinajstić information content (AvgIpc) is 2.72. The first-order chi connectivity index (χ1) is 13.5. The maximum Gasteiger partial charge on any atom is 0.338 e. The number of carbonyl (C=O) groups is 3. The molecule has 28 heavy (non-hydrogen) atoms. The fourth-order valence-corrected chi connectivity index (χ4v) is 2.96. The van der Waals surface area contributed by atoms with Crippen molar-refractivity contribution in [3.8, 4) is 0 Å². The van der Waals surface area contributed by atoms with E-state index in [9.17, 15) is 14.4 Å². The van der Waals surface area contributed by atoms with E-state index in [2.05, 4.69) is 0 Å². The lowest BCUT2D eigenvalue weighted by Crippen LogP contribution is -2.51. The van der Waals surface area contributed by atoms with Crippen LogP contribution in [0.1, 0.15) is 22.8 Å². The van der Waals surface area contributed by atoms with E-state index < -0.39 is 29.9 Å². The minimum absolute atomic E-state index is 0.151. The quantitative estimate of drug-likeness (QED) is 0.771. The third kappa shape index (κ3) is 4.37. The number of anilines is 1. The molecular formula is C21H21NO6. The Morgan fingerprint density at radius 3 is 2.68 bits per heavy atom. The van der Waals surface area contributed by atoms with Crippen LogP contribution in [0.15, 0.2) is 54.6 Å². The molecule has 0 aromatic heterocycles. The first-order valence-electron chi connectivity index (χ1n) is 8.94. The van der Waals surface area contributed by atoms with Crippen LogP contribution < -0.4 is 4.90 Å². The van der Waals surface area contributed by atoms with E-state index >= 15 is 0 Å². The van der Waals surface area contributed by atoms with Crippen molar-refractivity contribution in [2.75, 3.05) is 18.1 Å². The van der Waals surface area contributed by atoms with Crippen molar-refractivity contribution >= 4 is 23.5 Å². The summed E-state index contributed by atoms with van der Waals surface area (Å²) in [4.78, 5) is 37.7. The number of benzene rings is 2. The van der Waals surface area contributed by atoms with Crippen LogP contribution in [0.3, 0.4) is 0 Å². The van der Waals surface area contributed by atoms with Crippen LogP contribution in [0.4, 0.5) is 5.69 Å². The van der Waals surface area contributed by atoms with Crippen molar-refractivity contribution in [2.24, 2.45) is 5.92 Å². The Morgan fingerprint density at radius 1 is 1.21 bits per heavy atom. The lowest BCUT2D eigenvalue weighted by atomic mass is 10.0. The number of carbonyl (C=O) groups excluding carboxylic acids is 2. The van der Waals surface area contributed by atoms with E-state index in [-0.39, 0.29) is 19.8 Å². The average molecular weight is 383 g/mol. The van der Waals surface area contributed by atoms with E-state index in [1.165, 1.54) is 11.8 Å². The lowest BCUT2D eigenvalue weighted by molar-refractivity contribution is -0.154. The summed E-state index contributed by atoms with van der Waals surface area (Å²) < 4.78 is 10.7. The molecule has 2 atom stereocenters. The van der Waals surface area contributed by atoms with Gasteiger partial charge in [0.2, 0.25) is 0 Å². The molecule has 1 fully saturated rings. The van der Waals surface area contributed by atoms with Gasteiger partial charge in [0.15, 0.2) is 0 Å². The molecule has 2 aromatic carbocycles. The number of hydrogen-bond acceptors (Lipinski definition) is 5. The highest BCUT2D eigenvalue weighted by Gasteiger charge is 2.37. The summed E-state index contributed by atoms with van der Waals surface area (Å²) in [7, 11) is 0. The molecule has 0 spiro atoms. The second-order valence-corrected chi connectivity index (χ2v) is 6.52. The highest BCUT2D eigenvalue weighted by Crippen LogP contribution is 2.24. The number of rotatable bonds is 6. The number of esters is 1. The van der Waals surface area contributed by atoms with Crippen LogP contribution in [0.5, 0.6) is 0 Å². The van der Waals surface area contributed by atoms with E-state index in [0.29, 0.717) is 11.3 Å². The van der Waals surface area contributed by atoms with Crippen LogP contribution in [0.2, 0.25) is 0 Å². The van der Waals surface area contributed by atoms with Crippen LogP contribution in [-0.2, 0) is 25.7 Å². The Kier molecular flexibility index (Phi) is 6.06. The summed E-state index contributed by atoms with van der Waals surface area (Å²) in [6.07, 6.45) is -1.06. The number of carboxylic acids is 1. The Bertz CT molecular complexity index is 866. The third-order valence-corrected chi connectivity index (χ3v) is 4.57. The van der Waals surface area contributed by atoms with Crippen LogP contribution in [0, 0.1) is 5.92 Å².